The van der Waals surface area contributed by atoms with Crippen molar-refractivity contribution in [1.29, 1.82) is 0 Å². The van der Waals surface area contributed by atoms with Crippen LogP contribution in [0.15, 0.2) is 12.1 Å². The molecule has 1 aliphatic heterocycles. The Morgan fingerprint density at radius 3 is 2.33 bits per heavy atom. The van der Waals surface area contributed by atoms with Crippen molar-refractivity contribution in [3.63, 3.8) is 0 Å². The summed E-state index contributed by atoms with van der Waals surface area (Å²) in [6.45, 7) is 4.09. The summed E-state index contributed by atoms with van der Waals surface area (Å²) in [5, 5.41) is 1.05. The van der Waals surface area contributed by atoms with Gasteiger partial charge in [-0.25, -0.2) is 0 Å². The summed E-state index contributed by atoms with van der Waals surface area (Å²) in [4.78, 5) is 14.3. The Kier molecular flexibility index (Phi) is 5.64. The minimum absolute atomic E-state index is 0.0307. The maximum atomic E-state index is 12.4. The van der Waals surface area contributed by atoms with Crippen molar-refractivity contribution in [3.8, 4) is 5.75 Å². The first-order chi connectivity index (χ1) is 9.90. The predicted octanol–water partition coefficient (Wildman–Crippen LogP) is 4.82. The Morgan fingerprint density at radius 2 is 1.71 bits per heavy atom. The second kappa shape index (κ2) is 7.08. The highest BCUT2D eigenvalue weighted by Gasteiger charge is 2.29. The molecule has 0 aromatic heterocycles. The van der Waals surface area contributed by atoms with Crippen LogP contribution in [0.4, 0.5) is 0 Å². The molecule has 116 valence electrons. The van der Waals surface area contributed by atoms with Crippen LogP contribution >= 0.6 is 34.8 Å². The summed E-state index contributed by atoms with van der Waals surface area (Å²) in [5.41, 5.74) is 0. The van der Waals surface area contributed by atoms with E-state index in [-0.39, 0.29) is 24.6 Å². The smallest absolute Gasteiger partial charge is 0.260 e. The van der Waals surface area contributed by atoms with Gasteiger partial charge in [-0.3, -0.25) is 4.79 Å². The third kappa shape index (κ3) is 3.97. The van der Waals surface area contributed by atoms with Gasteiger partial charge in [0.1, 0.15) is 5.75 Å². The van der Waals surface area contributed by atoms with Crippen molar-refractivity contribution in [1.82, 2.24) is 4.90 Å². The van der Waals surface area contributed by atoms with Crippen LogP contribution < -0.4 is 4.74 Å². The van der Waals surface area contributed by atoms with Crippen molar-refractivity contribution in [2.75, 3.05) is 6.61 Å². The molecule has 1 saturated heterocycles. The Balaban J connectivity index is 2.02. The fourth-order valence-electron chi connectivity index (χ4n) is 2.74. The van der Waals surface area contributed by atoms with Gasteiger partial charge in [0.25, 0.3) is 5.91 Å². The highest BCUT2D eigenvalue weighted by atomic mass is 35.5. The van der Waals surface area contributed by atoms with Crippen molar-refractivity contribution < 1.29 is 9.53 Å². The van der Waals surface area contributed by atoms with Gasteiger partial charge in [-0.15, -0.1) is 0 Å². The van der Waals surface area contributed by atoms with E-state index in [0.29, 0.717) is 20.8 Å². The van der Waals surface area contributed by atoms with Crippen LogP contribution in [0.2, 0.25) is 15.1 Å². The molecule has 0 bridgehead atoms. The number of amides is 1. The summed E-state index contributed by atoms with van der Waals surface area (Å²) in [6, 6.07) is 3.53. The minimum atomic E-state index is -0.0492. The van der Waals surface area contributed by atoms with Gasteiger partial charge in [-0.1, -0.05) is 34.8 Å². The molecular weight excluding hydrogens is 333 g/mol. The van der Waals surface area contributed by atoms with E-state index in [2.05, 4.69) is 13.8 Å². The fourth-order valence-corrected chi connectivity index (χ4v) is 3.33. The molecule has 0 saturated carbocycles. The normalized spacial score (nSPS) is 22.2. The first-order valence-electron chi connectivity index (χ1n) is 6.98. The van der Waals surface area contributed by atoms with Gasteiger partial charge in [0.15, 0.2) is 6.61 Å². The number of nitrogens with zero attached hydrogens (tertiary/aromatic N) is 1. The van der Waals surface area contributed by atoms with E-state index in [4.69, 9.17) is 39.5 Å². The number of hydrogen-bond donors (Lipinski definition) is 0. The highest BCUT2D eigenvalue weighted by Crippen LogP contribution is 2.34. The summed E-state index contributed by atoms with van der Waals surface area (Å²) in [6.07, 6.45) is 3.22. The molecule has 0 unspecified atom stereocenters. The molecule has 1 aromatic carbocycles. The molecule has 2 atom stereocenters. The molecule has 1 aliphatic rings. The van der Waals surface area contributed by atoms with E-state index >= 15 is 0 Å². The number of carbonyl (C=O) groups is 1. The van der Waals surface area contributed by atoms with Crippen LogP contribution in [0.5, 0.6) is 5.75 Å². The van der Waals surface area contributed by atoms with E-state index in [0.717, 1.165) is 19.3 Å². The quantitative estimate of drug-likeness (QED) is 0.732. The van der Waals surface area contributed by atoms with Gasteiger partial charge in [-0.05, 0) is 39.2 Å². The number of hydrogen-bond acceptors (Lipinski definition) is 2. The van der Waals surface area contributed by atoms with E-state index < -0.39 is 0 Å². The zero-order valence-corrected chi connectivity index (χ0v) is 14.3. The first-order valence-corrected chi connectivity index (χ1v) is 8.12. The summed E-state index contributed by atoms with van der Waals surface area (Å²) < 4.78 is 5.52. The third-order valence-corrected chi connectivity index (χ3v) is 4.82. The number of benzene rings is 1. The Morgan fingerprint density at radius 1 is 1.14 bits per heavy atom. The molecule has 3 nitrogen and oxygen atoms in total. The van der Waals surface area contributed by atoms with E-state index in [1.165, 1.54) is 12.1 Å². The summed E-state index contributed by atoms with van der Waals surface area (Å²) >= 11 is 17.8. The first kappa shape index (κ1) is 16.7. The van der Waals surface area contributed by atoms with Crippen LogP contribution in [0.3, 0.4) is 0 Å². The topological polar surface area (TPSA) is 29.5 Å². The highest BCUT2D eigenvalue weighted by molar-refractivity contribution is 6.43. The Labute approximate surface area is 140 Å². The number of carbonyl (C=O) groups excluding carboxylic acids is 1. The average molecular weight is 351 g/mol. The predicted molar refractivity (Wildman–Crippen MR) is 86.6 cm³/mol. The van der Waals surface area contributed by atoms with Gasteiger partial charge in [0.2, 0.25) is 0 Å². The van der Waals surface area contributed by atoms with Crippen LogP contribution in [-0.4, -0.2) is 29.5 Å². The maximum Gasteiger partial charge on any atom is 0.260 e. The molecule has 1 heterocycles. The number of halogens is 3. The van der Waals surface area contributed by atoms with Gasteiger partial charge >= 0.3 is 0 Å². The van der Waals surface area contributed by atoms with Crippen LogP contribution in [-0.2, 0) is 4.79 Å². The zero-order valence-electron chi connectivity index (χ0n) is 12.0. The lowest BCUT2D eigenvalue weighted by Gasteiger charge is -2.39. The number of piperidine rings is 1. The third-order valence-electron chi connectivity index (χ3n) is 3.81. The van der Waals surface area contributed by atoms with Crippen LogP contribution in [0, 0.1) is 0 Å². The molecule has 2 rings (SSSR count). The molecule has 21 heavy (non-hydrogen) atoms. The molecule has 1 fully saturated rings. The molecular formula is C15H18Cl3NO2. The van der Waals surface area contributed by atoms with E-state index in [1.807, 2.05) is 4.90 Å². The number of ether oxygens (including phenoxy) is 1. The lowest BCUT2D eigenvalue weighted by atomic mass is 9.97. The number of likely N-dealkylation sites (tertiary alicyclic amines) is 1. The van der Waals surface area contributed by atoms with Crippen LogP contribution in [0.25, 0.3) is 0 Å². The van der Waals surface area contributed by atoms with E-state index in [1.54, 1.807) is 0 Å². The summed E-state index contributed by atoms with van der Waals surface area (Å²) in [5.74, 6) is 0.341. The standard InChI is InChI=1S/C15H18Cl3NO2/c1-9-4-3-5-10(2)19(9)15(20)8-21-14-7-12(17)11(16)6-13(14)18/h6-7,9-10H,3-5,8H2,1-2H3/t9-,10-/m0/s1. The average Bonchev–Trinajstić information content (AvgIpc) is 2.41. The van der Waals surface area contributed by atoms with Gasteiger partial charge in [0, 0.05) is 18.2 Å². The minimum Gasteiger partial charge on any atom is -0.482 e. The lowest BCUT2D eigenvalue weighted by Crippen LogP contribution is -2.49. The molecule has 0 radical (unpaired) electrons. The SMILES string of the molecule is C[C@H]1CCC[C@H](C)N1C(=O)COc1cc(Cl)c(Cl)cc1Cl. The van der Waals surface area contributed by atoms with E-state index in [9.17, 15) is 4.79 Å². The van der Waals surface area contributed by atoms with Crippen molar-refractivity contribution in [3.05, 3.63) is 27.2 Å². The molecule has 0 N–H and O–H groups in total. The van der Waals surface area contributed by atoms with Gasteiger partial charge in [-0.2, -0.15) is 0 Å². The maximum absolute atomic E-state index is 12.4. The second-order valence-corrected chi connectivity index (χ2v) is 6.64. The van der Waals surface area contributed by atoms with Gasteiger partial charge < -0.3 is 9.64 Å². The largest absolute Gasteiger partial charge is 0.482 e. The number of rotatable bonds is 3. The molecule has 1 amide bonds. The Bertz CT molecular complexity index is 526. The van der Waals surface area contributed by atoms with Crippen molar-refractivity contribution in [2.45, 2.75) is 45.2 Å². The lowest BCUT2D eigenvalue weighted by molar-refractivity contribution is -0.139. The Hall–Kier alpha value is -0.640. The molecule has 0 aliphatic carbocycles. The van der Waals surface area contributed by atoms with Crippen LogP contribution in [0.1, 0.15) is 33.1 Å². The second-order valence-electron chi connectivity index (χ2n) is 5.42. The summed E-state index contributed by atoms with van der Waals surface area (Å²) in [7, 11) is 0. The molecule has 0 spiro atoms. The zero-order chi connectivity index (χ0) is 15.6. The molecule has 1 aromatic rings. The van der Waals surface area contributed by atoms with Gasteiger partial charge in [0.05, 0.1) is 15.1 Å². The monoisotopic (exact) mass is 349 g/mol. The fraction of sp³-hybridized carbons (Fsp3) is 0.533. The molecule has 6 heteroatoms. The van der Waals surface area contributed by atoms with Crippen molar-refractivity contribution in [2.24, 2.45) is 0 Å². The van der Waals surface area contributed by atoms with Crippen molar-refractivity contribution >= 4 is 40.7 Å².